The Morgan fingerprint density at radius 3 is 2.15 bits per heavy atom. The summed E-state index contributed by atoms with van der Waals surface area (Å²) in [6.07, 6.45) is 0. The molecule has 2 aromatic rings. The van der Waals surface area contributed by atoms with Gasteiger partial charge in [0.2, 0.25) is 5.75 Å². The molecule has 27 heavy (non-hydrogen) atoms. The van der Waals surface area contributed by atoms with Crippen LogP contribution < -0.4 is 30.4 Å². The molecule has 2 rings (SSSR count). The van der Waals surface area contributed by atoms with Crippen LogP contribution in [0.2, 0.25) is 5.02 Å². The summed E-state index contributed by atoms with van der Waals surface area (Å²) in [5.41, 5.74) is 5.49. The van der Waals surface area contributed by atoms with Gasteiger partial charge in [-0.25, -0.2) is 0 Å². The van der Waals surface area contributed by atoms with Gasteiger partial charge in [0.25, 0.3) is 11.8 Å². The molecular formula is C18H20ClN3O5. The number of hydrogen-bond donors (Lipinski definition) is 3. The highest BCUT2D eigenvalue weighted by Crippen LogP contribution is 2.38. The minimum atomic E-state index is -0.541. The SMILES string of the molecule is COc1cc(C(=O)NNC(=O)CNc2ccccc2Cl)cc(OC)c1OC. The predicted octanol–water partition coefficient (Wildman–Crippen LogP) is 2.24. The lowest BCUT2D eigenvalue weighted by molar-refractivity contribution is -0.120. The maximum atomic E-state index is 12.3. The van der Waals surface area contributed by atoms with E-state index >= 15 is 0 Å². The molecule has 0 heterocycles. The smallest absolute Gasteiger partial charge is 0.269 e. The molecule has 2 aromatic carbocycles. The van der Waals surface area contributed by atoms with Gasteiger partial charge in [-0.05, 0) is 24.3 Å². The molecule has 144 valence electrons. The van der Waals surface area contributed by atoms with E-state index in [2.05, 4.69) is 16.2 Å². The van der Waals surface area contributed by atoms with Gasteiger partial charge >= 0.3 is 0 Å². The second-order valence-corrected chi connectivity index (χ2v) is 5.66. The number of carbonyl (C=O) groups is 2. The number of para-hydroxylation sites is 1. The molecule has 3 N–H and O–H groups in total. The van der Waals surface area contributed by atoms with Crippen molar-refractivity contribution in [1.29, 1.82) is 0 Å². The van der Waals surface area contributed by atoms with E-state index in [0.29, 0.717) is 28.0 Å². The molecule has 0 aliphatic rings. The number of hydrogen-bond acceptors (Lipinski definition) is 6. The van der Waals surface area contributed by atoms with Crippen LogP contribution in [0.25, 0.3) is 0 Å². The molecule has 9 heteroatoms. The summed E-state index contributed by atoms with van der Waals surface area (Å²) in [5, 5.41) is 3.37. The Bertz CT molecular complexity index is 803. The van der Waals surface area contributed by atoms with E-state index in [1.807, 2.05) is 0 Å². The van der Waals surface area contributed by atoms with Crippen LogP contribution in [0, 0.1) is 0 Å². The Labute approximate surface area is 161 Å². The van der Waals surface area contributed by atoms with E-state index in [1.165, 1.54) is 33.5 Å². The number of hydrazine groups is 1. The summed E-state index contributed by atoms with van der Waals surface area (Å²) in [5.74, 6) is 0.0306. The topological polar surface area (TPSA) is 97.9 Å². The summed E-state index contributed by atoms with van der Waals surface area (Å²) in [7, 11) is 4.36. The largest absolute Gasteiger partial charge is 0.493 e. The number of benzene rings is 2. The van der Waals surface area contributed by atoms with Gasteiger partial charge in [-0.15, -0.1) is 0 Å². The minimum Gasteiger partial charge on any atom is -0.493 e. The average molecular weight is 394 g/mol. The first-order chi connectivity index (χ1) is 13.0. The van der Waals surface area contributed by atoms with E-state index < -0.39 is 11.8 Å². The number of carbonyl (C=O) groups excluding carboxylic acids is 2. The van der Waals surface area contributed by atoms with Gasteiger partial charge in [0.1, 0.15) is 0 Å². The third-order valence-electron chi connectivity index (χ3n) is 3.56. The van der Waals surface area contributed by atoms with Crippen molar-refractivity contribution < 1.29 is 23.8 Å². The summed E-state index contributed by atoms with van der Waals surface area (Å²) >= 11 is 6.00. The Morgan fingerprint density at radius 1 is 0.963 bits per heavy atom. The quantitative estimate of drug-likeness (QED) is 0.624. The Balaban J connectivity index is 1.97. The fourth-order valence-corrected chi connectivity index (χ4v) is 2.44. The number of halogens is 1. The van der Waals surface area contributed by atoms with Crippen molar-refractivity contribution >= 4 is 29.1 Å². The van der Waals surface area contributed by atoms with Crippen LogP contribution in [-0.2, 0) is 4.79 Å². The number of ether oxygens (including phenoxy) is 3. The van der Waals surface area contributed by atoms with Crippen molar-refractivity contribution in [3.8, 4) is 17.2 Å². The molecule has 0 saturated carbocycles. The first-order valence-electron chi connectivity index (χ1n) is 7.87. The lowest BCUT2D eigenvalue weighted by Gasteiger charge is -2.14. The Kier molecular flexibility index (Phi) is 7.13. The molecular weight excluding hydrogens is 374 g/mol. The van der Waals surface area contributed by atoms with Crippen LogP contribution in [0.5, 0.6) is 17.2 Å². The van der Waals surface area contributed by atoms with Crippen molar-refractivity contribution in [2.45, 2.75) is 0 Å². The van der Waals surface area contributed by atoms with E-state index in [1.54, 1.807) is 24.3 Å². The average Bonchev–Trinajstić information content (AvgIpc) is 2.70. The second-order valence-electron chi connectivity index (χ2n) is 5.25. The van der Waals surface area contributed by atoms with Crippen LogP contribution in [0.15, 0.2) is 36.4 Å². The maximum Gasteiger partial charge on any atom is 0.269 e. The molecule has 0 saturated heterocycles. The highest BCUT2D eigenvalue weighted by molar-refractivity contribution is 6.33. The number of nitrogens with one attached hydrogen (secondary N) is 3. The summed E-state index contributed by atoms with van der Waals surface area (Å²) in [4.78, 5) is 24.2. The van der Waals surface area contributed by atoms with Crippen LogP contribution in [0.1, 0.15) is 10.4 Å². The van der Waals surface area contributed by atoms with Gasteiger partial charge in [-0.1, -0.05) is 23.7 Å². The zero-order chi connectivity index (χ0) is 19.8. The van der Waals surface area contributed by atoms with Gasteiger partial charge < -0.3 is 19.5 Å². The maximum absolute atomic E-state index is 12.3. The molecule has 0 atom stereocenters. The standard InChI is InChI=1S/C18H20ClN3O5/c1-25-14-8-11(9-15(26-2)17(14)27-3)18(24)22-21-16(23)10-20-13-7-5-4-6-12(13)19/h4-9,20H,10H2,1-3H3,(H,21,23)(H,22,24). The fraction of sp³-hybridized carbons (Fsp3) is 0.222. The Hall–Kier alpha value is -3.13. The normalized spacial score (nSPS) is 9.93. The van der Waals surface area contributed by atoms with Crippen molar-refractivity contribution in [3.05, 3.63) is 47.0 Å². The third-order valence-corrected chi connectivity index (χ3v) is 3.89. The van der Waals surface area contributed by atoms with Gasteiger partial charge in [0.05, 0.1) is 38.6 Å². The second kappa shape index (κ2) is 9.54. The summed E-state index contributed by atoms with van der Waals surface area (Å²) in [6.45, 7) is -0.0702. The predicted molar refractivity (Wildman–Crippen MR) is 102 cm³/mol. The minimum absolute atomic E-state index is 0.0702. The molecule has 0 unspecified atom stereocenters. The molecule has 8 nitrogen and oxygen atoms in total. The third kappa shape index (κ3) is 5.18. The summed E-state index contributed by atoms with van der Waals surface area (Å²) in [6, 6.07) is 9.97. The van der Waals surface area contributed by atoms with E-state index in [0.717, 1.165) is 0 Å². The number of methoxy groups -OCH3 is 3. The molecule has 0 fully saturated rings. The van der Waals surface area contributed by atoms with Crippen molar-refractivity contribution in [3.63, 3.8) is 0 Å². The van der Waals surface area contributed by atoms with Crippen LogP contribution in [-0.4, -0.2) is 39.7 Å². The highest BCUT2D eigenvalue weighted by atomic mass is 35.5. The zero-order valence-corrected chi connectivity index (χ0v) is 15.8. The lowest BCUT2D eigenvalue weighted by Crippen LogP contribution is -2.44. The number of amides is 2. The van der Waals surface area contributed by atoms with Crippen molar-refractivity contribution in [2.24, 2.45) is 0 Å². The van der Waals surface area contributed by atoms with Gasteiger partial charge in [0, 0.05) is 5.56 Å². The molecule has 0 aliphatic carbocycles. The van der Waals surface area contributed by atoms with Crippen molar-refractivity contribution in [2.75, 3.05) is 33.2 Å². The lowest BCUT2D eigenvalue weighted by atomic mass is 10.1. The van der Waals surface area contributed by atoms with Gasteiger partial charge in [0.15, 0.2) is 11.5 Å². The van der Waals surface area contributed by atoms with Crippen LogP contribution in [0.4, 0.5) is 5.69 Å². The van der Waals surface area contributed by atoms with Crippen LogP contribution in [0.3, 0.4) is 0 Å². The van der Waals surface area contributed by atoms with E-state index in [-0.39, 0.29) is 12.1 Å². The van der Waals surface area contributed by atoms with Crippen LogP contribution >= 0.6 is 11.6 Å². The van der Waals surface area contributed by atoms with Gasteiger partial charge in [-0.3, -0.25) is 20.4 Å². The van der Waals surface area contributed by atoms with Crippen molar-refractivity contribution in [1.82, 2.24) is 10.9 Å². The number of rotatable bonds is 7. The molecule has 0 aromatic heterocycles. The first-order valence-corrected chi connectivity index (χ1v) is 8.25. The molecule has 0 radical (unpaired) electrons. The fourth-order valence-electron chi connectivity index (χ4n) is 2.24. The monoisotopic (exact) mass is 393 g/mol. The zero-order valence-electron chi connectivity index (χ0n) is 15.1. The molecule has 0 bridgehead atoms. The molecule has 0 aliphatic heterocycles. The molecule has 0 spiro atoms. The number of anilines is 1. The van der Waals surface area contributed by atoms with E-state index in [4.69, 9.17) is 25.8 Å². The molecule has 2 amide bonds. The first kappa shape index (κ1) is 20.2. The van der Waals surface area contributed by atoms with E-state index in [9.17, 15) is 9.59 Å². The Morgan fingerprint density at radius 2 is 1.59 bits per heavy atom. The van der Waals surface area contributed by atoms with Gasteiger partial charge in [-0.2, -0.15) is 0 Å². The summed E-state index contributed by atoms with van der Waals surface area (Å²) < 4.78 is 15.6. The highest BCUT2D eigenvalue weighted by Gasteiger charge is 2.17.